The number of para-hydroxylation sites is 1. The van der Waals surface area contributed by atoms with Gasteiger partial charge < -0.3 is 9.84 Å². The molecule has 2 nitrogen and oxygen atoms in total. The van der Waals surface area contributed by atoms with Crippen LogP contribution in [0.2, 0.25) is 0 Å². The molecule has 0 bridgehead atoms. The summed E-state index contributed by atoms with van der Waals surface area (Å²) in [7, 11) is 0. The predicted octanol–water partition coefficient (Wildman–Crippen LogP) is 4.30. The molecule has 1 aliphatic rings. The molecule has 23 heavy (non-hydrogen) atoms. The minimum atomic E-state index is 0.0217. The first-order valence-electron chi connectivity index (χ1n) is 7.91. The Morgan fingerprint density at radius 2 is 1.52 bits per heavy atom. The molecule has 3 aromatic carbocycles. The summed E-state index contributed by atoms with van der Waals surface area (Å²) in [4.78, 5) is 0. The Morgan fingerprint density at radius 1 is 0.783 bits per heavy atom. The lowest BCUT2D eigenvalue weighted by molar-refractivity contribution is 0.202. The highest BCUT2D eigenvalue weighted by atomic mass is 16.5. The molecule has 0 aromatic heterocycles. The number of hydrogen-bond donors (Lipinski definition) is 1. The van der Waals surface area contributed by atoms with E-state index in [0.717, 1.165) is 23.3 Å². The van der Waals surface area contributed by atoms with Gasteiger partial charge in [0.25, 0.3) is 0 Å². The topological polar surface area (TPSA) is 29.5 Å². The Hall–Kier alpha value is -2.58. The molecule has 0 unspecified atom stereocenters. The van der Waals surface area contributed by atoms with Gasteiger partial charge in [-0.3, -0.25) is 0 Å². The Labute approximate surface area is 136 Å². The zero-order valence-corrected chi connectivity index (χ0v) is 12.8. The van der Waals surface area contributed by atoms with Crippen LogP contribution in [0.15, 0.2) is 66.7 Å². The lowest BCUT2D eigenvalue weighted by Crippen LogP contribution is -2.02. The molecular weight excluding hydrogens is 284 g/mol. The SMILES string of the molecule is OCCOc1ccccc1-c1ccc2c(c1)Cc1ccccc1-2. The zero-order chi connectivity index (χ0) is 15.6. The summed E-state index contributed by atoms with van der Waals surface area (Å²) in [6.45, 7) is 0.335. The van der Waals surface area contributed by atoms with Crippen LogP contribution < -0.4 is 4.74 Å². The quantitative estimate of drug-likeness (QED) is 0.609. The van der Waals surface area contributed by atoms with E-state index in [9.17, 15) is 0 Å². The van der Waals surface area contributed by atoms with Crippen LogP contribution in [0.4, 0.5) is 0 Å². The number of benzene rings is 3. The molecule has 0 heterocycles. The standard InChI is InChI=1S/C21H18O2/c22-11-12-23-21-8-4-3-7-20(21)16-9-10-19-17(14-16)13-15-5-1-2-6-18(15)19/h1-10,14,22H,11-13H2. The van der Waals surface area contributed by atoms with Crippen LogP contribution in [0, 0.1) is 0 Å². The third-order valence-electron chi connectivity index (χ3n) is 4.34. The van der Waals surface area contributed by atoms with E-state index >= 15 is 0 Å². The van der Waals surface area contributed by atoms with E-state index in [4.69, 9.17) is 9.84 Å². The van der Waals surface area contributed by atoms with E-state index in [1.165, 1.54) is 22.3 Å². The van der Waals surface area contributed by atoms with E-state index in [0.29, 0.717) is 6.61 Å². The summed E-state index contributed by atoms with van der Waals surface area (Å²) in [5, 5.41) is 8.99. The summed E-state index contributed by atoms with van der Waals surface area (Å²) >= 11 is 0. The van der Waals surface area contributed by atoms with Gasteiger partial charge in [-0.15, -0.1) is 0 Å². The van der Waals surface area contributed by atoms with Crippen LogP contribution in [-0.2, 0) is 6.42 Å². The van der Waals surface area contributed by atoms with Crippen molar-refractivity contribution < 1.29 is 9.84 Å². The third kappa shape index (κ3) is 2.51. The number of aliphatic hydroxyl groups excluding tert-OH is 1. The van der Waals surface area contributed by atoms with Crippen molar-refractivity contribution >= 4 is 0 Å². The van der Waals surface area contributed by atoms with E-state index in [1.807, 2.05) is 18.2 Å². The molecule has 4 rings (SSSR count). The van der Waals surface area contributed by atoms with Crippen LogP contribution in [0.1, 0.15) is 11.1 Å². The van der Waals surface area contributed by atoms with Gasteiger partial charge in [-0.2, -0.15) is 0 Å². The summed E-state index contributed by atoms with van der Waals surface area (Å²) in [6.07, 6.45) is 0.985. The third-order valence-corrected chi connectivity index (χ3v) is 4.34. The molecule has 0 aliphatic heterocycles. The molecule has 114 valence electrons. The van der Waals surface area contributed by atoms with Gasteiger partial charge in [0.2, 0.25) is 0 Å². The molecule has 3 aromatic rings. The van der Waals surface area contributed by atoms with Crippen molar-refractivity contribution in [3.05, 3.63) is 77.9 Å². The molecule has 0 radical (unpaired) electrons. The molecular formula is C21H18O2. The fraction of sp³-hybridized carbons (Fsp3) is 0.143. The smallest absolute Gasteiger partial charge is 0.127 e. The highest BCUT2D eigenvalue weighted by Crippen LogP contribution is 2.39. The van der Waals surface area contributed by atoms with Gasteiger partial charge in [0, 0.05) is 5.56 Å². The van der Waals surface area contributed by atoms with Crippen molar-refractivity contribution in [3.63, 3.8) is 0 Å². The van der Waals surface area contributed by atoms with Gasteiger partial charge in [-0.25, -0.2) is 0 Å². The van der Waals surface area contributed by atoms with Gasteiger partial charge in [0.15, 0.2) is 0 Å². The summed E-state index contributed by atoms with van der Waals surface area (Å²) in [5.41, 5.74) is 7.66. The number of aliphatic hydroxyl groups is 1. The molecule has 0 amide bonds. The molecule has 0 fully saturated rings. The second kappa shape index (κ2) is 5.90. The molecule has 1 aliphatic carbocycles. The maximum absolute atomic E-state index is 8.99. The number of ether oxygens (including phenoxy) is 1. The number of hydrogen-bond acceptors (Lipinski definition) is 2. The predicted molar refractivity (Wildman–Crippen MR) is 92.7 cm³/mol. The fourth-order valence-electron chi connectivity index (χ4n) is 3.30. The van der Waals surface area contributed by atoms with Gasteiger partial charge in [0.05, 0.1) is 6.61 Å². The molecule has 0 saturated carbocycles. The van der Waals surface area contributed by atoms with Gasteiger partial charge in [-0.05, 0) is 40.3 Å². The van der Waals surface area contributed by atoms with Crippen LogP contribution >= 0.6 is 0 Å². The van der Waals surface area contributed by atoms with E-state index in [1.54, 1.807) is 0 Å². The average Bonchev–Trinajstić information content (AvgIpc) is 2.98. The number of rotatable bonds is 4. The molecule has 1 N–H and O–H groups in total. The van der Waals surface area contributed by atoms with Crippen molar-refractivity contribution in [2.75, 3.05) is 13.2 Å². The van der Waals surface area contributed by atoms with Crippen LogP contribution in [0.25, 0.3) is 22.3 Å². The largest absolute Gasteiger partial charge is 0.491 e. The summed E-state index contributed by atoms with van der Waals surface area (Å²) in [5.74, 6) is 0.817. The monoisotopic (exact) mass is 302 g/mol. The fourth-order valence-corrected chi connectivity index (χ4v) is 3.30. The second-order valence-electron chi connectivity index (χ2n) is 5.77. The highest BCUT2D eigenvalue weighted by molar-refractivity contribution is 5.81. The minimum Gasteiger partial charge on any atom is -0.491 e. The molecule has 0 atom stereocenters. The van der Waals surface area contributed by atoms with Gasteiger partial charge in [0.1, 0.15) is 12.4 Å². The van der Waals surface area contributed by atoms with Gasteiger partial charge >= 0.3 is 0 Å². The zero-order valence-electron chi connectivity index (χ0n) is 12.8. The first-order chi connectivity index (χ1) is 11.4. The lowest BCUT2D eigenvalue weighted by Gasteiger charge is -2.12. The van der Waals surface area contributed by atoms with Crippen molar-refractivity contribution in [1.29, 1.82) is 0 Å². The first kappa shape index (κ1) is 14.0. The summed E-state index contributed by atoms with van der Waals surface area (Å²) < 4.78 is 5.67. The first-order valence-corrected chi connectivity index (χ1v) is 7.91. The van der Waals surface area contributed by atoms with Gasteiger partial charge in [-0.1, -0.05) is 60.7 Å². The van der Waals surface area contributed by atoms with Crippen LogP contribution in [0.3, 0.4) is 0 Å². The van der Waals surface area contributed by atoms with E-state index in [-0.39, 0.29) is 6.61 Å². The Kier molecular flexibility index (Phi) is 3.60. The highest BCUT2D eigenvalue weighted by Gasteiger charge is 2.18. The van der Waals surface area contributed by atoms with E-state index in [2.05, 4.69) is 48.5 Å². The molecule has 0 saturated heterocycles. The average molecular weight is 302 g/mol. The maximum Gasteiger partial charge on any atom is 0.127 e. The van der Waals surface area contributed by atoms with Crippen molar-refractivity contribution in [1.82, 2.24) is 0 Å². The Balaban J connectivity index is 1.74. The minimum absolute atomic E-state index is 0.0217. The van der Waals surface area contributed by atoms with Crippen molar-refractivity contribution in [2.45, 2.75) is 6.42 Å². The lowest BCUT2D eigenvalue weighted by atomic mass is 9.98. The van der Waals surface area contributed by atoms with Crippen molar-refractivity contribution in [3.8, 4) is 28.0 Å². The molecule has 0 spiro atoms. The molecule has 2 heteroatoms. The van der Waals surface area contributed by atoms with Crippen molar-refractivity contribution in [2.24, 2.45) is 0 Å². The Bertz CT molecular complexity index is 852. The summed E-state index contributed by atoms with van der Waals surface area (Å²) in [6, 6.07) is 23.2. The second-order valence-corrected chi connectivity index (χ2v) is 5.77. The Morgan fingerprint density at radius 3 is 2.39 bits per heavy atom. The van der Waals surface area contributed by atoms with Crippen LogP contribution in [0.5, 0.6) is 5.75 Å². The van der Waals surface area contributed by atoms with E-state index < -0.39 is 0 Å². The van der Waals surface area contributed by atoms with Crippen LogP contribution in [-0.4, -0.2) is 18.3 Å². The number of fused-ring (bicyclic) bond motifs is 3. The normalized spacial score (nSPS) is 11.9. The maximum atomic E-state index is 8.99.